The average Bonchev–Trinajstić information content (AvgIpc) is 3.66. The van der Waals surface area contributed by atoms with Crippen molar-refractivity contribution in [3.05, 3.63) is 65.9 Å². The predicted molar refractivity (Wildman–Crippen MR) is 124 cm³/mol. The number of hydrogen-bond acceptors (Lipinski definition) is 6. The number of nitrogens with one attached hydrogen (secondary N) is 1. The number of hydrogen-bond donors (Lipinski definition) is 2. The summed E-state index contributed by atoms with van der Waals surface area (Å²) < 4.78 is 16.4. The van der Waals surface area contributed by atoms with Gasteiger partial charge in [-0.05, 0) is 61.2 Å². The normalized spacial score (nSPS) is 12.7. The Hall–Kier alpha value is -3.94. The lowest BCUT2D eigenvalue weighted by Crippen LogP contribution is -2.36. The number of aromatic nitrogens is 1. The summed E-state index contributed by atoms with van der Waals surface area (Å²) in [6.45, 7) is 2.39. The lowest BCUT2D eigenvalue weighted by Gasteiger charge is -2.23. The number of aryl methyl sites for hydroxylation is 1. The number of carbonyl (C=O) groups is 1. The van der Waals surface area contributed by atoms with Crippen LogP contribution in [0.3, 0.4) is 0 Å². The van der Waals surface area contributed by atoms with Gasteiger partial charge >= 0.3 is 6.03 Å². The van der Waals surface area contributed by atoms with Gasteiger partial charge in [0.1, 0.15) is 0 Å². The fourth-order valence-corrected chi connectivity index (χ4v) is 3.45. The first-order valence-electron chi connectivity index (χ1n) is 10.7. The van der Waals surface area contributed by atoms with Crippen molar-refractivity contribution in [2.45, 2.75) is 32.4 Å². The van der Waals surface area contributed by atoms with Crippen LogP contribution in [0.5, 0.6) is 28.9 Å². The SMILES string of the molecule is COc1cc(CN(C(=O)Nc2ccc(Oc3ccc(C)cc3OC)nc2)C2CC2)ccc1O. The molecular weight excluding hydrogens is 422 g/mol. The van der Waals surface area contributed by atoms with Crippen molar-refractivity contribution in [1.82, 2.24) is 9.88 Å². The van der Waals surface area contributed by atoms with Gasteiger partial charge in [-0.1, -0.05) is 12.1 Å². The van der Waals surface area contributed by atoms with E-state index in [-0.39, 0.29) is 17.8 Å². The summed E-state index contributed by atoms with van der Waals surface area (Å²) in [6, 6.07) is 14.2. The number of aromatic hydroxyl groups is 1. The lowest BCUT2D eigenvalue weighted by molar-refractivity contribution is 0.206. The molecule has 2 N–H and O–H groups in total. The molecule has 172 valence electrons. The third-order valence-electron chi connectivity index (χ3n) is 5.37. The molecule has 1 heterocycles. The summed E-state index contributed by atoms with van der Waals surface area (Å²) in [5.74, 6) is 2.04. The molecule has 8 nitrogen and oxygen atoms in total. The van der Waals surface area contributed by atoms with Crippen LogP contribution in [0.15, 0.2) is 54.7 Å². The molecule has 4 rings (SSSR count). The number of urea groups is 1. The first-order valence-corrected chi connectivity index (χ1v) is 10.7. The fraction of sp³-hybridized carbons (Fsp3) is 0.280. The van der Waals surface area contributed by atoms with Gasteiger partial charge in [0.2, 0.25) is 5.88 Å². The number of amides is 2. The molecule has 1 aliphatic rings. The van der Waals surface area contributed by atoms with Gasteiger partial charge in [-0.2, -0.15) is 0 Å². The highest BCUT2D eigenvalue weighted by atomic mass is 16.5. The zero-order chi connectivity index (χ0) is 23.4. The van der Waals surface area contributed by atoms with Gasteiger partial charge in [0.15, 0.2) is 23.0 Å². The Kier molecular flexibility index (Phi) is 6.53. The number of methoxy groups -OCH3 is 2. The van der Waals surface area contributed by atoms with Gasteiger partial charge in [0.05, 0.1) is 26.1 Å². The van der Waals surface area contributed by atoms with E-state index < -0.39 is 0 Å². The maximum absolute atomic E-state index is 13.0. The fourth-order valence-electron chi connectivity index (χ4n) is 3.45. The minimum atomic E-state index is -0.208. The molecule has 2 aromatic carbocycles. The van der Waals surface area contributed by atoms with Crippen LogP contribution in [0.1, 0.15) is 24.0 Å². The van der Waals surface area contributed by atoms with Crippen molar-refractivity contribution in [3.63, 3.8) is 0 Å². The number of phenols is 1. The minimum absolute atomic E-state index is 0.0697. The van der Waals surface area contributed by atoms with E-state index in [0.717, 1.165) is 24.0 Å². The van der Waals surface area contributed by atoms with Gasteiger partial charge in [-0.25, -0.2) is 9.78 Å². The summed E-state index contributed by atoms with van der Waals surface area (Å²) >= 11 is 0. The predicted octanol–water partition coefficient (Wildman–Crippen LogP) is 5.10. The first-order chi connectivity index (χ1) is 16.0. The van der Waals surface area contributed by atoms with E-state index in [1.54, 1.807) is 48.5 Å². The van der Waals surface area contributed by atoms with E-state index in [4.69, 9.17) is 14.2 Å². The number of benzene rings is 2. The molecule has 1 saturated carbocycles. The van der Waals surface area contributed by atoms with Crippen LogP contribution in [0, 0.1) is 6.92 Å². The third-order valence-corrected chi connectivity index (χ3v) is 5.37. The molecule has 0 unspecified atom stereocenters. The molecule has 3 aromatic rings. The lowest BCUT2D eigenvalue weighted by atomic mass is 10.2. The topological polar surface area (TPSA) is 93.2 Å². The van der Waals surface area contributed by atoms with Crippen LogP contribution in [0.2, 0.25) is 0 Å². The van der Waals surface area contributed by atoms with Crippen molar-refractivity contribution < 1.29 is 24.1 Å². The molecule has 1 fully saturated rings. The highest BCUT2D eigenvalue weighted by molar-refractivity contribution is 5.89. The van der Waals surface area contributed by atoms with Crippen molar-refractivity contribution >= 4 is 11.7 Å². The number of nitrogens with zero attached hydrogens (tertiary/aromatic N) is 2. The van der Waals surface area contributed by atoms with Gasteiger partial charge in [-0.3, -0.25) is 0 Å². The maximum Gasteiger partial charge on any atom is 0.322 e. The van der Waals surface area contributed by atoms with Crippen molar-refractivity contribution in [2.75, 3.05) is 19.5 Å². The molecule has 0 spiro atoms. The molecule has 33 heavy (non-hydrogen) atoms. The summed E-state index contributed by atoms with van der Waals surface area (Å²) in [5.41, 5.74) is 2.51. The Bertz CT molecular complexity index is 1130. The highest BCUT2D eigenvalue weighted by Gasteiger charge is 2.32. The third kappa shape index (κ3) is 5.46. The quantitative estimate of drug-likeness (QED) is 0.497. The first kappa shape index (κ1) is 22.3. The number of phenolic OH excluding ortho intramolecular Hbond substituents is 1. The highest BCUT2D eigenvalue weighted by Crippen LogP contribution is 2.33. The maximum atomic E-state index is 13.0. The molecule has 0 radical (unpaired) electrons. The number of anilines is 1. The molecule has 8 heteroatoms. The molecule has 2 amide bonds. The summed E-state index contributed by atoms with van der Waals surface area (Å²) in [7, 11) is 3.09. The van der Waals surface area contributed by atoms with Crippen molar-refractivity contribution in [2.24, 2.45) is 0 Å². The summed E-state index contributed by atoms with van der Waals surface area (Å²) in [4.78, 5) is 19.1. The zero-order valence-corrected chi connectivity index (χ0v) is 18.9. The smallest absolute Gasteiger partial charge is 0.322 e. The van der Waals surface area contributed by atoms with Crippen LogP contribution < -0.4 is 19.5 Å². The minimum Gasteiger partial charge on any atom is -0.504 e. The van der Waals surface area contributed by atoms with E-state index in [0.29, 0.717) is 35.4 Å². The average molecular weight is 450 g/mol. The van der Waals surface area contributed by atoms with Gasteiger partial charge < -0.3 is 29.5 Å². The Balaban J connectivity index is 1.42. The van der Waals surface area contributed by atoms with Gasteiger partial charge in [0, 0.05) is 18.7 Å². The van der Waals surface area contributed by atoms with E-state index >= 15 is 0 Å². The number of pyridine rings is 1. The van der Waals surface area contributed by atoms with Gasteiger partial charge in [0.25, 0.3) is 0 Å². The second-order valence-corrected chi connectivity index (χ2v) is 7.94. The van der Waals surface area contributed by atoms with Crippen LogP contribution >= 0.6 is 0 Å². The van der Waals surface area contributed by atoms with Crippen LogP contribution in [0.4, 0.5) is 10.5 Å². The van der Waals surface area contributed by atoms with Crippen molar-refractivity contribution in [3.8, 4) is 28.9 Å². The van der Waals surface area contributed by atoms with E-state index in [2.05, 4.69) is 10.3 Å². The monoisotopic (exact) mass is 449 g/mol. The Morgan fingerprint density at radius 3 is 2.52 bits per heavy atom. The molecule has 0 aliphatic heterocycles. The molecular formula is C25H27N3O5. The van der Waals surface area contributed by atoms with Crippen LogP contribution in [0.25, 0.3) is 0 Å². The summed E-state index contributed by atoms with van der Waals surface area (Å²) in [5, 5.41) is 12.7. The Morgan fingerprint density at radius 1 is 1.06 bits per heavy atom. The number of ether oxygens (including phenoxy) is 3. The second kappa shape index (κ2) is 9.68. The number of rotatable bonds is 8. The largest absolute Gasteiger partial charge is 0.504 e. The van der Waals surface area contributed by atoms with Gasteiger partial charge in [-0.15, -0.1) is 0 Å². The molecule has 0 saturated heterocycles. The van der Waals surface area contributed by atoms with E-state index in [1.165, 1.54) is 7.11 Å². The summed E-state index contributed by atoms with van der Waals surface area (Å²) in [6.07, 6.45) is 3.49. The molecule has 0 bridgehead atoms. The second-order valence-electron chi connectivity index (χ2n) is 7.94. The molecule has 0 atom stereocenters. The van der Waals surface area contributed by atoms with Crippen LogP contribution in [-0.4, -0.2) is 41.3 Å². The van der Waals surface area contributed by atoms with Crippen LogP contribution in [-0.2, 0) is 6.54 Å². The van der Waals surface area contributed by atoms with E-state index in [9.17, 15) is 9.90 Å². The zero-order valence-electron chi connectivity index (χ0n) is 18.9. The number of carbonyl (C=O) groups excluding carboxylic acids is 1. The van der Waals surface area contributed by atoms with E-state index in [1.807, 2.05) is 25.1 Å². The Labute approximate surface area is 192 Å². The standard InChI is InChI=1S/C25H27N3O5/c1-16-4-10-21(23(12-16)32-3)33-24-11-6-18(14-26-24)27-25(30)28(19-7-8-19)15-17-5-9-20(29)22(13-17)31-2/h4-6,9-14,19,29H,7-8,15H2,1-3H3,(H,27,30). The molecule has 1 aliphatic carbocycles. The van der Waals surface area contributed by atoms with Crippen molar-refractivity contribution in [1.29, 1.82) is 0 Å². The molecule has 1 aromatic heterocycles. The Morgan fingerprint density at radius 2 is 1.85 bits per heavy atom.